The van der Waals surface area contributed by atoms with Crippen LogP contribution in [0.15, 0.2) is 47.3 Å². The van der Waals surface area contributed by atoms with Crippen molar-refractivity contribution in [2.24, 2.45) is 10.8 Å². The molecule has 0 atom stereocenters. The Kier molecular flexibility index (Phi) is 8.46. The highest BCUT2D eigenvalue weighted by Crippen LogP contribution is 2.55. The molecule has 0 spiro atoms. The number of hydrogen-bond donors (Lipinski definition) is 0. The van der Waals surface area contributed by atoms with Crippen LogP contribution in [0.25, 0.3) is 0 Å². The highest BCUT2D eigenvalue weighted by atomic mass is 16.5. The molecular weight excluding hydrogens is 490 g/mol. The SMILES string of the molecule is C=CCc1cc(C2C3=C(CC(C)(C)CC3=O)N(CCCOC)C3=C2C(=O)CC(C)(C)C3)cc(OC)c1OCC. The van der Waals surface area contributed by atoms with E-state index in [9.17, 15) is 9.59 Å². The van der Waals surface area contributed by atoms with Crippen molar-refractivity contribution in [2.75, 3.05) is 34.0 Å². The Hall–Kier alpha value is -2.86. The normalized spacial score (nSPS) is 20.6. The second-order valence-electron chi connectivity index (χ2n) is 12.7. The lowest BCUT2D eigenvalue weighted by Crippen LogP contribution is -2.44. The molecule has 0 saturated carbocycles. The van der Waals surface area contributed by atoms with Gasteiger partial charge in [0.15, 0.2) is 23.1 Å². The molecule has 212 valence electrons. The number of rotatable bonds is 10. The minimum absolute atomic E-state index is 0.130. The van der Waals surface area contributed by atoms with Crippen LogP contribution in [0, 0.1) is 10.8 Å². The van der Waals surface area contributed by atoms with E-state index in [0.29, 0.717) is 44.0 Å². The number of nitrogens with zero attached hydrogens (tertiary/aromatic N) is 1. The van der Waals surface area contributed by atoms with Crippen LogP contribution in [0.4, 0.5) is 0 Å². The first-order valence-corrected chi connectivity index (χ1v) is 14.2. The molecule has 0 amide bonds. The van der Waals surface area contributed by atoms with Crippen LogP contribution >= 0.6 is 0 Å². The number of carbonyl (C=O) groups excluding carboxylic acids is 2. The van der Waals surface area contributed by atoms with Crippen molar-refractivity contribution in [3.8, 4) is 11.5 Å². The Morgan fingerprint density at radius 3 is 2.05 bits per heavy atom. The zero-order valence-electron chi connectivity index (χ0n) is 24.9. The smallest absolute Gasteiger partial charge is 0.164 e. The topological polar surface area (TPSA) is 65.1 Å². The highest BCUT2D eigenvalue weighted by Gasteiger charge is 2.49. The highest BCUT2D eigenvalue weighted by molar-refractivity contribution is 6.06. The van der Waals surface area contributed by atoms with E-state index in [1.807, 2.05) is 19.1 Å². The molecule has 0 saturated heterocycles. The van der Waals surface area contributed by atoms with Gasteiger partial charge in [0.2, 0.25) is 0 Å². The molecule has 6 heteroatoms. The summed E-state index contributed by atoms with van der Waals surface area (Å²) in [5, 5.41) is 0. The first-order valence-electron chi connectivity index (χ1n) is 14.2. The Morgan fingerprint density at radius 2 is 1.56 bits per heavy atom. The molecule has 6 nitrogen and oxygen atoms in total. The van der Waals surface area contributed by atoms with Crippen LogP contribution in [0.3, 0.4) is 0 Å². The van der Waals surface area contributed by atoms with E-state index in [2.05, 4.69) is 45.2 Å². The van der Waals surface area contributed by atoms with E-state index in [-0.39, 0.29) is 22.4 Å². The third kappa shape index (κ3) is 5.72. The third-order valence-corrected chi connectivity index (χ3v) is 8.11. The van der Waals surface area contributed by atoms with Gasteiger partial charge in [-0.25, -0.2) is 0 Å². The maximum Gasteiger partial charge on any atom is 0.164 e. The van der Waals surface area contributed by atoms with Gasteiger partial charge in [0.05, 0.1) is 13.7 Å². The summed E-state index contributed by atoms with van der Waals surface area (Å²) in [5.74, 6) is 1.14. The van der Waals surface area contributed by atoms with Gasteiger partial charge >= 0.3 is 0 Å². The summed E-state index contributed by atoms with van der Waals surface area (Å²) in [6.45, 7) is 16.4. The molecule has 4 rings (SSSR count). The zero-order chi connectivity index (χ0) is 28.5. The molecule has 1 aromatic rings. The van der Waals surface area contributed by atoms with Gasteiger partial charge in [0.25, 0.3) is 0 Å². The average molecular weight is 536 g/mol. The molecule has 2 aliphatic carbocycles. The number of ether oxygens (including phenoxy) is 3. The van der Waals surface area contributed by atoms with Crippen LogP contribution in [-0.4, -0.2) is 50.4 Å². The predicted molar refractivity (Wildman–Crippen MR) is 154 cm³/mol. The van der Waals surface area contributed by atoms with Gasteiger partial charge in [-0.3, -0.25) is 9.59 Å². The number of hydrogen-bond acceptors (Lipinski definition) is 6. The first-order chi connectivity index (χ1) is 18.5. The number of allylic oxidation sites excluding steroid dienone is 5. The van der Waals surface area contributed by atoms with E-state index in [1.165, 1.54) is 0 Å². The first kappa shape index (κ1) is 29.1. The van der Waals surface area contributed by atoms with E-state index in [0.717, 1.165) is 59.5 Å². The molecular formula is C33H45NO5. The summed E-state index contributed by atoms with van der Waals surface area (Å²) in [4.78, 5) is 30.4. The van der Waals surface area contributed by atoms with Gasteiger partial charge in [-0.15, -0.1) is 6.58 Å². The van der Waals surface area contributed by atoms with E-state index >= 15 is 0 Å². The molecule has 3 aliphatic rings. The maximum atomic E-state index is 14.0. The summed E-state index contributed by atoms with van der Waals surface area (Å²) in [5.41, 5.74) is 5.22. The van der Waals surface area contributed by atoms with Crippen molar-refractivity contribution < 1.29 is 23.8 Å². The van der Waals surface area contributed by atoms with Crippen LogP contribution in [0.1, 0.15) is 83.8 Å². The number of benzene rings is 1. The molecule has 0 unspecified atom stereocenters. The second kappa shape index (κ2) is 11.3. The molecule has 0 N–H and O–H groups in total. The largest absolute Gasteiger partial charge is 0.493 e. The monoisotopic (exact) mass is 535 g/mol. The summed E-state index contributed by atoms with van der Waals surface area (Å²) in [6.07, 6.45) is 5.76. The quantitative estimate of drug-likeness (QED) is 0.250. The van der Waals surface area contributed by atoms with Crippen molar-refractivity contribution >= 4 is 11.6 Å². The van der Waals surface area contributed by atoms with Crippen molar-refractivity contribution in [1.82, 2.24) is 4.90 Å². The Labute approximate surface area is 234 Å². The molecule has 1 aliphatic heterocycles. The van der Waals surface area contributed by atoms with Crippen molar-refractivity contribution in [2.45, 2.75) is 79.1 Å². The average Bonchev–Trinajstić information content (AvgIpc) is 2.84. The fourth-order valence-electron chi connectivity index (χ4n) is 6.64. The van der Waals surface area contributed by atoms with Gasteiger partial charge in [-0.1, -0.05) is 39.8 Å². The summed E-state index contributed by atoms with van der Waals surface area (Å²) in [7, 11) is 3.35. The zero-order valence-corrected chi connectivity index (χ0v) is 24.9. The van der Waals surface area contributed by atoms with Gasteiger partial charge in [-0.2, -0.15) is 0 Å². The maximum absolute atomic E-state index is 14.0. The number of Topliss-reactive ketones (excluding diaryl/α,β-unsaturated/α-hetero) is 2. The van der Waals surface area contributed by atoms with E-state index < -0.39 is 5.92 Å². The van der Waals surface area contributed by atoms with Crippen LogP contribution < -0.4 is 9.47 Å². The standard InChI is InChI=1S/C33H45NO5/c1-9-12-21-15-22(16-27(38-8)31(21)39-10-2)28-29-23(17-32(3,4)19-25(29)35)34(13-11-14-37-7)24-18-33(5,6)20-26(36)30(24)28/h9,15-16,28H,1,10-14,17-20H2,2-8H3. The Bertz CT molecular complexity index is 1160. The predicted octanol–water partition coefficient (Wildman–Crippen LogP) is 6.54. The van der Waals surface area contributed by atoms with Crippen LogP contribution in [0.2, 0.25) is 0 Å². The molecule has 0 aromatic heterocycles. The minimum Gasteiger partial charge on any atom is -0.493 e. The van der Waals surface area contributed by atoms with Crippen molar-refractivity contribution in [3.63, 3.8) is 0 Å². The number of carbonyl (C=O) groups is 2. The molecule has 1 heterocycles. The molecule has 0 radical (unpaired) electrons. The van der Waals surface area contributed by atoms with Crippen molar-refractivity contribution in [1.29, 1.82) is 0 Å². The van der Waals surface area contributed by atoms with Gasteiger partial charge in [0.1, 0.15) is 0 Å². The Balaban J connectivity index is 2.01. The second-order valence-corrected chi connectivity index (χ2v) is 12.7. The molecule has 0 bridgehead atoms. The number of ketones is 2. The minimum atomic E-state index is -0.422. The van der Waals surface area contributed by atoms with E-state index in [1.54, 1.807) is 14.2 Å². The summed E-state index contributed by atoms with van der Waals surface area (Å²) in [6, 6.07) is 4.06. The lowest BCUT2D eigenvalue weighted by Gasteiger charge is -2.49. The van der Waals surface area contributed by atoms with Gasteiger partial charge in [-0.05, 0) is 55.1 Å². The lowest BCUT2D eigenvalue weighted by molar-refractivity contribution is -0.119. The van der Waals surface area contributed by atoms with Crippen molar-refractivity contribution in [3.05, 3.63) is 58.5 Å². The third-order valence-electron chi connectivity index (χ3n) is 8.11. The molecule has 39 heavy (non-hydrogen) atoms. The van der Waals surface area contributed by atoms with Crippen LogP contribution in [-0.2, 0) is 20.7 Å². The fraction of sp³-hybridized carbons (Fsp3) is 0.576. The van der Waals surface area contributed by atoms with E-state index in [4.69, 9.17) is 14.2 Å². The summed E-state index contributed by atoms with van der Waals surface area (Å²) >= 11 is 0. The fourth-order valence-corrected chi connectivity index (χ4v) is 6.64. The number of methoxy groups -OCH3 is 2. The molecule has 0 fully saturated rings. The van der Waals surface area contributed by atoms with Crippen LogP contribution in [0.5, 0.6) is 11.5 Å². The Morgan fingerprint density at radius 1 is 0.974 bits per heavy atom. The van der Waals surface area contributed by atoms with Gasteiger partial charge in [0, 0.05) is 67.1 Å². The molecule has 1 aromatic carbocycles. The van der Waals surface area contributed by atoms with Gasteiger partial charge < -0.3 is 19.1 Å². The lowest BCUT2D eigenvalue weighted by atomic mass is 9.63. The summed E-state index contributed by atoms with van der Waals surface area (Å²) < 4.78 is 17.2.